The third-order valence-corrected chi connectivity index (χ3v) is 7.01. The molecular formula is C31H32BrN3O5. The molecule has 0 saturated heterocycles. The third-order valence-electron chi connectivity index (χ3n) is 6.39. The highest BCUT2D eigenvalue weighted by atomic mass is 79.9. The van der Waals surface area contributed by atoms with Crippen molar-refractivity contribution in [2.45, 2.75) is 46.6 Å². The van der Waals surface area contributed by atoms with Gasteiger partial charge < -0.3 is 14.2 Å². The van der Waals surface area contributed by atoms with Gasteiger partial charge in [0, 0.05) is 5.56 Å². The van der Waals surface area contributed by atoms with Crippen LogP contribution in [0.25, 0.3) is 22.3 Å². The molecule has 4 aromatic rings. The molecule has 0 amide bonds. The zero-order chi connectivity index (χ0) is 29.0. The van der Waals surface area contributed by atoms with Crippen LogP contribution in [0.1, 0.15) is 50.3 Å². The number of methoxy groups -OCH3 is 1. The topological polar surface area (TPSA) is 92.0 Å². The van der Waals surface area contributed by atoms with Crippen molar-refractivity contribution in [1.29, 1.82) is 0 Å². The van der Waals surface area contributed by atoms with Crippen molar-refractivity contribution in [3.05, 3.63) is 86.1 Å². The number of hydrogen-bond donors (Lipinski definition) is 0. The van der Waals surface area contributed by atoms with E-state index in [4.69, 9.17) is 19.2 Å². The molecular weight excluding hydrogens is 574 g/mol. The van der Waals surface area contributed by atoms with Crippen LogP contribution in [0, 0.1) is 6.92 Å². The Balaban J connectivity index is 1.79. The number of fused-ring (bicyclic) bond motifs is 1. The second-order valence-electron chi connectivity index (χ2n) is 9.58. The Morgan fingerprint density at radius 3 is 2.52 bits per heavy atom. The van der Waals surface area contributed by atoms with Crippen LogP contribution in [0.4, 0.5) is 0 Å². The number of rotatable bonds is 9. The highest BCUT2D eigenvalue weighted by molar-refractivity contribution is 9.10. The first-order valence-corrected chi connectivity index (χ1v) is 13.8. The van der Waals surface area contributed by atoms with Gasteiger partial charge in [-0.25, -0.2) is 9.78 Å². The van der Waals surface area contributed by atoms with Crippen molar-refractivity contribution in [3.63, 3.8) is 0 Å². The summed E-state index contributed by atoms with van der Waals surface area (Å²) in [6, 6.07) is 16.5. The highest BCUT2D eigenvalue weighted by Crippen LogP contribution is 2.34. The molecule has 0 radical (unpaired) electrons. The van der Waals surface area contributed by atoms with E-state index < -0.39 is 12.1 Å². The predicted octanol–water partition coefficient (Wildman–Crippen LogP) is 6.48. The van der Waals surface area contributed by atoms with Gasteiger partial charge in [-0.3, -0.25) is 4.79 Å². The van der Waals surface area contributed by atoms with Gasteiger partial charge in [0.25, 0.3) is 5.56 Å². The summed E-state index contributed by atoms with van der Waals surface area (Å²) in [6.45, 7) is 9.80. The fourth-order valence-corrected chi connectivity index (χ4v) is 4.78. The standard InChI is InChI=1S/C31H32BrN3O5/c1-7-39-31(37)20(5)40-27-13-12-21(15-25(27)32)17-33-35-29(34-26-11-9-8-10-22(26)30(35)36)24-16-23(18(2)3)28(38-6)14-19(24)4/h8-18,20H,7H2,1-6H3/t20-/m0/s1. The number of carbonyl (C=O) groups is 1. The maximum absolute atomic E-state index is 13.7. The molecule has 0 N–H and O–H groups in total. The van der Waals surface area contributed by atoms with Crippen molar-refractivity contribution < 1.29 is 19.0 Å². The van der Waals surface area contributed by atoms with Crippen LogP contribution in [0.3, 0.4) is 0 Å². The molecule has 0 fully saturated rings. The molecule has 208 valence electrons. The number of aromatic nitrogens is 2. The maximum atomic E-state index is 13.7. The normalized spacial score (nSPS) is 12.2. The molecule has 0 spiro atoms. The van der Waals surface area contributed by atoms with E-state index in [9.17, 15) is 9.59 Å². The van der Waals surface area contributed by atoms with Crippen molar-refractivity contribution in [2.24, 2.45) is 5.10 Å². The van der Waals surface area contributed by atoms with E-state index in [0.29, 0.717) is 32.5 Å². The Kier molecular flexibility index (Phi) is 9.04. The molecule has 1 atom stereocenters. The highest BCUT2D eigenvalue weighted by Gasteiger charge is 2.19. The number of esters is 1. The molecule has 0 aliphatic rings. The molecule has 0 saturated carbocycles. The molecule has 0 unspecified atom stereocenters. The van der Waals surface area contributed by atoms with Gasteiger partial charge in [0.15, 0.2) is 11.9 Å². The lowest BCUT2D eigenvalue weighted by Crippen LogP contribution is -2.26. The molecule has 1 heterocycles. The number of nitrogens with zero attached hydrogens (tertiary/aromatic N) is 3. The van der Waals surface area contributed by atoms with Crippen LogP contribution in [0.15, 0.2) is 69.0 Å². The van der Waals surface area contributed by atoms with Gasteiger partial charge in [-0.1, -0.05) is 26.0 Å². The predicted molar refractivity (Wildman–Crippen MR) is 161 cm³/mol. The van der Waals surface area contributed by atoms with Crippen LogP contribution in [-0.2, 0) is 9.53 Å². The number of ether oxygens (including phenoxy) is 3. The van der Waals surface area contributed by atoms with E-state index >= 15 is 0 Å². The Bertz CT molecular complexity index is 1640. The SMILES string of the molecule is CCOC(=O)[C@H](C)Oc1ccc(C=Nn2c(-c3cc(C(C)C)c(OC)cc3C)nc3ccccc3c2=O)cc1Br. The molecule has 0 bridgehead atoms. The molecule has 1 aromatic heterocycles. The van der Waals surface area contributed by atoms with Gasteiger partial charge in [-0.2, -0.15) is 9.78 Å². The summed E-state index contributed by atoms with van der Waals surface area (Å²) in [7, 11) is 1.65. The molecule has 3 aromatic carbocycles. The van der Waals surface area contributed by atoms with E-state index in [1.54, 1.807) is 51.4 Å². The number of aryl methyl sites for hydroxylation is 1. The molecule has 9 heteroatoms. The number of benzene rings is 3. The second-order valence-corrected chi connectivity index (χ2v) is 10.4. The molecule has 4 rings (SSSR count). The van der Waals surface area contributed by atoms with Crippen LogP contribution in [-0.4, -0.2) is 41.7 Å². The second kappa shape index (κ2) is 12.5. The molecule has 0 aliphatic heterocycles. The summed E-state index contributed by atoms with van der Waals surface area (Å²) in [6.07, 6.45) is 0.830. The summed E-state index contributed by atoms with van der Waals surface area (Å²) >= 11 is 3.50. The van der Waals surface area contributed by atoms with E-state index in [2.05, 4.69) is 34.9 Å². The molecule has 40 heavy (non-hydrogen) atoms. The summed E-state index contributed by atoms with van der Waals surface area (Å²) in [5, 5.41) is 5.06. The lowest BCUT2D eigenvalue weighted by Gasteiger charge is -2.17. The smallest absolute Gasteiger partial charge is 0.347 e. The third kappa shape index (κ3) is 6.09. The average Bonchev–Trinajstić information content (AvgIpc) is 2.93. The summed E-state index contributed by atoms with van der Waals surface area (Å²) in [5.41, 5.74) is 3.74. The van der Waals surface area contributed by atoms with Crippen LogP contribution in [0.5, 0.6) is 11.5 Å². The Morgan fingerprint density at radius 1 is 1.10 bits per heavy atom. The first kappa shape index (κ1) is 29.0. The Labute approximate surface area is 241 Å². The number of hydrogen-bond acceptors (Lipinski definition) is 7. The fourth-order valence-electron chi connectivity index (χ4n) is 4.29. The van der Waals surface area contributed by atoms with E-state index in [-0.39, 0.29) is 18.1 Å². The minimum atomic E-state index is -0.760. The van der Waals surface area contributed by atoms with E-state index in [0.717, 1.165) is 22.4 Å². The van der Waals surface area contributed by atoms with Crippen molar-refractivity contribution in [3.8, 4) is 22.9 Å². The first-order chi connectivity index (χ1) is 19.1. The lowest BCUT2D eigenvalue weighted by atomic mass is 9.96. The first-order valence-electron chi connectivity index (χ1n) is 13.0. The Hall–Kier alpha value is -3.98. The average molecular weight is 607 g/mol. The maximum Gasteiger partial charge on any atom is 0.347 e. The van der Waals surface area contributed by atoms with Gasteiger partial charge in [0.2, 0.25) is 0 Å². The van der Waals surface area contributed by atoms with Gasteiger partial charge in [0.1, 0.15) is 11.5 Å². The minimum absolute atomic E-state index is 0.197. The van der Waals surface area contributed by atoms with Crippen molar-refractivity contribution >= 4 is 39.0 Å². The number of halogens is 1. The van der Waals surface area contributed by atoms with E-state index in [1.165, 1.54) is 4.68 Å². The molecule has 8 nitrogen and oxygen atoms in total. The van der Waals surface area contributed by atoms with Gasteiger partial charge in [0.05, 0.1) is 35.3 Å². The lowest BCUT2D eigenvalue weighted by molar-refractivity contribution is -0.150. The summed E-state index contributed by atoms with van der Waals surface area (Å²) in [4.78, 5) is 30.5. The quantitative estimate of drug-likeness (QED) is 0.160. The zero-order valence-electron chi connectivity index (χ0n) is 23.4. The summed E-state index contributed by atoms with van der Waals surface area (Å²) < 4.78 is 18.3. The van der Waals surface area contributed by atoms with Crippen LogP contribution in [0.2, 0.25) is 0 Å². The number of carbonyl (C=O) groups excluding carboxylic acids is 1. The van der Waals surface area contributed by atoms with Gasteiger partial charge in [-0.15, -0.1) is 0 Å². The summed E-state index contributed by atoms with van der Waals surface area (Å²) in [5.74, 6) is 1.47. The number of para-hydroxylation sites is 1. The fraction of sp³-hybridized carbons (Fsp3) is 0.290. The monoisotopic (exact) mass is 605 g/mol. The van der Waals surface area contributed by atoms with Crippen LogP contribution >= 0.6 is 15.9 Å². The Morgan fingerprint density at radius 2 is 1.85 bits per heavy atom. The van der Waals surface area contributed by atoms with Crippen molar-refractivity contribution in [1.82, 2.24) is 9.66 Å². The largest absolute Gasteiger partial charge is 0.496 e. The molecule has 0 aliphatic carbocycles. The van der Waals surface area contributed by atoms with Crippen molar-refractivity contribution in [2.75, 3.05) is 13.7 Å². The minimum Gasteiger partial charge on any atom is -0.496 e. The van der Waals surface area contributed by atoms with Gasteiger partial charge >= 0.3 is 5.97 Å². The van der Waals surface area contributed by atoms with E-state index in [1.807, 2.05) is 37.3 Å². The van der Waals surface area contributed by atoms with Gasteiger partial charge in [-0.05, 0) is 102 Å². The van der Waals surface area contributed by atoms with Crippen LogP contribution < -0.4 is 15.0 Å². The zero-order valence-corrected chi connectivity index (χ0v) is 25.0.